The average molecular weight is 288 g/mol. The van der Waals surface area contributed by atoms with Crippen LogP contribution in [-0.4, -0.2) is 31.1 Å². The molecule has 0 spiro atoms. The third-order valence-corrected chi connectivity index (χ3v) is 2.58. The predicted molar refractivity (Wildman–Crippen MR) is 67.5 cm³/mol. The summed E-state index contributed by atoms with van der Waals surface area (Å²) in [5, 5.41) is 10.8. The molecule has 0 saturated heterocycles. The van der Waals surface area contributed by atoms with Crippen LogP contribution in [0.15, 0.2) is 12.1 Å². The minimum absolute atomic E-state index is 0.0277. The number of nitro groups is 1. The molecule has 0 aliphatic heterocycles. The highest BCUT2D eigenvalue weighted by Crippen LogP contribution is 2.31. The number of hydrogen-bond acceptors (Lipinski definition) is 5. The van der Waals surface area contributed by atoms with E-state index in [2.05, 4.69) is 0 Å². The van der Waals surface area contributed by atoms with Gasteiger partial charge in [0.15, 0.2) is 17.3 Å². The summed E-state index contributed by atoms with van der Waals surface area (Å²) < 4.78 is 31.6. The fraction of sp³-hybridized carbons (Fsp3) is 0.417. The zero-order valence-corrected chi connectivity index (χ0v) is 11.1. The Bertz CT molecular complexity index is 522. The molecule has 6 nitrogen and oxygen atoms in total. The van der Waals surface area contributed by atoms with Gasteiger partial charge in [0.25, 0.3) is 5.69 Å². The van der Waals surface area contributed by atoms with E-state index < -0.39 is 33.9 Å². The van der Waals surface area contributed by atoms with Crippen molar-refractivity contribution in [1.82, 2.24) is 0 Å². The smallest absolute Gasteiger partial charge is 0.307 e. The molecule has 8 heteroatoms. The van der Waals surface area contributed by atoms with Crippen LogP contribution in [0.4, 0.5) is 20.2 Å². The Morgan fingerprint density at radius 2 is 2.10 bits per heavy atom. The summed E-state index contributed by atoms with van der Waals surface area (Å²) >= 11 is 0. The molecule has 1 aromatic rings. The van der Waals surface area contributed by atoms with Gasteiger partial charge in [-0.3, -0.25) is 14.9 Å². The van der Waals surface area contributed by atoms with E-state index in [0.29, 0.717) is 6.07 Å². The van der Waals surface area contributed by atoms with Gasteiger partial charge in [-0.05, 0) is 13.0 Å². The van der Waals surface area contributed by atoms with Gasteiger partial charge in [0.05, 0.1) is 18.0 Å². The molecule has 0 atom stereocenters. The van der Waals surface area contributed by atoms with Crippen molar-refractivity contribution in [3.05, 3.63) is 33.9 Å². The van der Waals surface area contributed by atoms with E-state index in [4.69, 9.17) is 4.74 Å². The lowest BCUT2D eigenvalue weighted by molar-refractivity contribution is -0.384. The third-order valence-electron chi connectivity index (χ3n) is 2.58. The molecule has 0 amide bonds. The summed E-state index contributed by atoms with van der Waals surface area (Å²) in [7, 11) is 1.34. The van der Waals surface area contributed by atoms with E-state index in [0.717, 1.165) is 11.0 Å². The number of hydrogen-bond donors (Lipinski definition) is 0. The standard InChI is InChI=1S/C12H14F2N2O4/c1-3-20-10(17)6-7-15(2)12-9(16(18)19)5-4-8(13)11(12)14/h4-5H,3,6-7H2,1-2H3. The van der Waals surface area contributed by atoms with Crippen molar-refractivity contribution in [2.75, 3.05) is 25.1 Å². The van der Waals surface area contributed by atoms with Gasteiger partial charge in [-0.2, -0.15) is 0 Å². The number of nitro benzene ring substituents is 1. The first kappa shape index (κ1) is 15.8. The maximum absolute atomic E-state index is 13.7. The van der Waals surface area contributed by atoms with Crippen LogP contribution in [0.5, 0.6) is 0 Å². The number of esters is 1. The van der Waals surface area contributed by atoms with Gasteiger partial charge in [0, 0.05) is 19.7 Å². The van der Waals surface area contributed by atoms with Crippen LogP contribution >= 0.6 is 0 Å². The highest BCUT2D eigenvalue weighted by atomic mass is 19.2. The zero-order valence-electron chi connectivity index (χ0n) is 11.1. The second-order valence-corrected chi connectivity index (χ2v) is 3.96. The first-order chi connectivity index (χ1) is 9.38. The largest absolute Gasteiger partial charge is 0.466 e. The quantitative estimate of drug-likeness (QED) is 0.456. The Hall–Kier alpha value is -2.25. The maximum Gasteiger partial charge on any atom is 0.307 e. The lowest BCUT2D eigenvalue weighted by Gasteiger charge is -2.19. The summed E-state index contributed by atoms with van der Waals surface area (Å²) in [6.07, 6.45) is -0.0859. The highest BCUT2D eigenvalue weighted by Gasteiger charge is 2.25. The number of rotatable bonds is 6. The number of anilines is 1. The molecule has 0 heterocycles. The van der Waals surface area contributed by atoms with E-state index in [1.165, 1.54) is 7.05 Å². The van der Waals surface area contributed by atoms with E-state index >= 15 is 0 Å². The predicted octanol–water partition coefficient (Wildman–Crippen LogP) is 2.26. The van der Waals surface area contributed by atoms with Crippen LogP contribution in [0.25, 0.3) is 0 Å². The van der Waals surface area contributed by atoms with Gasteiger partial charge >= 0.3 is 5.97 Å². The lowest BCUT2D eigenvalue weighted by Crippen LogP contribution is -2.24. The molecule has 0 aliphatic rings. The Balaban J connectivity index is 2.96. The number of halogens is 2. The van der Waals surface area contributed by atoms with Crippen LogP contribution in [0.2, 0.25) is 0 Å². The number of benzene rings is 1. The van der Waals surface area contributed by atoms with Gasteiger partial charge in [0.1, 0.15) is 0 Å². The number of ether oxygens (including phenoxy) is 1. The Labute approximate surface area is 114 Å². The van der Waals surface area contributed by atoms with E-state index in [1.54, 1.807) is 6.92 Å². The number of nitrogens with zero attached hydrogens (tertiary/aromatic N) is 2. The molecule has 1 rings (SSSR count). The molecule has 20 heavy (non-hydrogen) atoms. The monoisotopic (exact) mass is 288 g/mol. The fourth-order valence-corrected chi connectivity index (χ4v) is 1.64. The molecule has 0 fully saturated rings. The van der Waals surface area contributed by atoms with Crippen molar-refractivity contribution >= 4 is 17.3 Å². The van der Waals surface area contributed by atoms with Crippen LogP contribution in [0, 0.1) is 21.7 Å². The van der Waals surface area contributed by atoms with E-state index in [9.17, 15) is 23.7 Å². The molecule has 1 aromatic carbocycles. The summed E-state index contributed by atoms with van der Waals surface area (Å²) in [6, 6.07) is 1.57. The van der Waals surface area contributed by atoms with Gasteiger partial charge in [-0.15, -0.1) is 0 Å². The molecule has 0 bridgehead atoms. The summed E-state index contributed by atoms with van der Waals surface area (Å²) in [6.45, 7) is 1.82. The topological polar surface area (TPSA) is 72.7 Å². The zero-order chi connectivity index (χ0) is 15.3. The molecule has 0 unspecified atom stereocenters. The van der Waals surface area contributed by atoms with Crippen molar-refractivity contribution in [1.29, 1.82) is 0 Å². The van der Waals surface area contributed by atoms with Crippen LogP contribution in [0.3, 0.4) is 0 Å². The highest BCUT2D eigenvalue weighted by molar-refractivity contribution is 5.71. The minimum Gasteiger partial charge on any atom is -0.466 e. The number of carbonyl (C=O) groups is 1. The maximum atomic E-state index is 13.7. The van der Waals surface area contributed by atoms with Gasteiger partial charge < -0.3 is 9.64 Å². The Kier molecular flexibility index (Phi) is 5.36. The van der Waals surface area contributed by atoms with Crippen LogP contribution in [-0.2, 0) is 9.53 Å². The van der Waals surface area contributed by atoms with Gasteiger partial charge in [-0.1, -0.05) is 0 Å². The van der Waals surface area contributed by atoms with E-state index in [-0.39, 0.29) is 19.6 Å². The van der Waals surface area contributed by atoms with Crippen LogP contribution < -0.4 is 4.90 Å². The summed E-state index contributed by atoms with van der Waals surface area (Å²) in [5.41, 5.74) is -1.05. The van der Waals surface area contributed by atoms with Crippen molar-refractivity contribution in [3.63, 3.8) is 0 Å². The molecule has 0 saturated carbocycles. The van der Waals surface area contributed by atoms with Gasteiger partial charge in [0.2, 0.25) is 0 Å². The third kappa shape index (κ3) is 3.62. The van der Waals surface area contributed by atoms with Crippen molar-refractivity contribution in [2.24, 2.45) is 0 Å². The van der Waals surface area contributed by atoms with Crippen LogP contribution in [0.1, 0.15) is 13.3 Å². The molecular weight excluding hydrogens is 274 g/mol. The average Bonchev–Trinajstić information content (AvgIpc) is 2.39. The van der Waals surface area contributed by atoms with Crippen molar-refractivity contribution in [3.8, 4) is 0 Å². The SMILES string of the molecule is CCOC(=O)CCN(C)c1c([N+](=O)[O-])ccc(F)c1F. The molecule has 0 aliphatic carbocycles. The first-order valence-corrected chi connectivity index (χ1v) is 5.87. The molecular formula is C12H14F2N2O4. The summed E-state index contributed by atoms with van der Waals surface area (Å²) in [4.78, 5) is 22.3. The first-order valence-electron chi connectivity index (χ1n) is 5.87. The minimum atomic E-state index is -1.31. The second kappa shape index (κ2) is 6.78. The molecule has 110 valence electrons. The fourth-order valence-electron chi connectivity index (χ4n) is 1.64. The lowest BCUT2D eigenvalue weighted by atomic mass is 10.2. The van der Waals surface area contributed by atoms with Gasteiger partial charge in [-0.25, -0.2) is 8.78 Å². The molecule has 0 aromatic heterocycles. The van der Waals surface area contributed by atoms with Crippen molar-refractivity contribution in [2.45, 2.75) is 13.3 Å². The van der Waals surface area contributed by atoms with Crippen molar-refractivity contribution < 1.29 is 23.2 Å². The Morgan fingerprint density at radius 1 is 1.45 bits per heavy atom. The van der Waals surface area contributed by atoms with E-state index in [1.807, 2.05) is 0 Å². The normalized spacial score (nSPS) is 10.2. The number of carbonyl (C=O) groups excluding carboxylic acids is 1. The summed E-state index contributed by atoms with van der Waals surface area (Å²) in [5.74, 6) is -3.02. The second-order valence-electron chi connectivity index (χ2n) is 3.96. The molecule has 0 N–H and O–H groups in total. The molecule has 0 radical (unpaired) electrons. The Morgan fingerprint density at radius 3 is 2.65 bits per heavy atom.